The van der Waals surface area contributed by atoms with Crippen molar-refractivity contribution in [2.75, 3.05) is 6.54 Å². The van der Waals surface area contributed by atoms with E-state index in [0.29, 0.717) is 4.21 Å². The maximum absolute atomic E-state index is 12.2. The van der Waals surface area contributed by atoms with Crippen LogP contribution in [-0.4, -0.2) is 21.0 Å². The summed E-state index contributed by atoms with van der Waals surface area (Å²) in [5, 5.41) is 3.28. The van der Waals surface area contributed by atoms with Gasteiger partial charge in [-0.15, -0.1) is 11.3 Å². The highest BCUT2D eigenvalue weighted by atomic mass is 32.2. The van der Waals surface area contributed by atoms with E-state index in [-0.39, 0.29) is 11.5 Å². The molecule has 0 saturated heterocycles. The number of thiophene rings is 1. The molecule has 4 nitrogen and oxygen atoms in total. The lowest BCUT2D eigenvalue weighted by Crippen LogP contribution is -2.27. The standard InChI is InChI=1S/C13H22N2O2S2/c1-4-7-14-9-10-5-6-12(18-10)19(16,17)15-11-8-13(11,2)3/h5-6,11,14-15H,4,7-9H2,1-3H3. The van der Waals surface area contributed by atoms with Gasteiger partial charge < -0.3 is 5.32 Å². The van der Waals surface area contributed by atoms with Crippen molar-refractivity contribution >= 4 is 21.4 Å². The van der Waals surface area contributed by atoms with E-state index in [1.54, 1.807) is 6.07 Å². The molecule has 2 N–H and O–H groups in total. The molecule has 0 bridgehead atoms. The fraction of sp³-hybridized carbons (Fsp3) is 0.692. The summed E-state index contributed by atoms with van der Waals surface area (Å²) in [5.41, 5.74) is 0.107. The van der Waals surface area contributed by atoms with E-state index in [0.717, 1.165) is 30.8 Å². The zero-order valence-electron chi connectivity index (χ0n) is 11.7. The molecule has 1 aromatic heterocycles. The minimum Gasteiger partial charge on any atom is -0.312 e. The highest BCUT2D eigenvalue weighted by molar-refractivity contribution is 7.91. The SMILES string of the molecule is CCCNCc1ccc(S(=O)(=O)NC2CC2(C)C)s1. The Morgan fingerprint density at radius 3 is 2.68 bits per heavy atom. The largest absolute Gasteiger partial charge is 0.312 e. The molecular formula is C13H22N2O2S2. The maximum atomic E-state index is 12.2. The van der Waals surface area contributed by atoms with Gasteiger partial charge in [-0.05, 0) is 36.9 Å². The fourth-order valence-corrected chi connectivity index (χ4v) is 4.65. The van der Waals surface area contributed by atoms with Crippen molar-refractivity contribution in [3.05, 3.63) is 17.0 Å². The number of sulfonamides is 1. The Kier molecular flexibility index (Phi) is 4.35. The Morgan fingerprint density at radius 1 is 1.42 bits per heavy atom. The Bertz CT molecular complexity index is 535. The summed E-state index contributed by atoms with van der Waals surface area (Å²) < 4.78 is 27.6. The van der Waals surface area contributed by atoms with Gasteiger partial charge in [0.15, 0.2) is 0 Å². The van der Waals surface area contributed by atoms with Crippen LogP contribution in [-0.2, 0) is 16.6 Å². The Hall–Kier alpha value is -0.430. The van der Waals surface area contributed by atoms with Gasteiger partial charge in [0, 0.05) is 17.5 Å². The van der Waals surface area contributed by atoms with Crippen LogP contribution in [0.2, 0.25) is 0 Å². The van der Waals surface area contributed by atoms with E-state index in [4.69, 9.17) is 0 Å². The van der Waals surface area contributed by atoms with Crippen LogP contribution < -0.4 is 10.0 Å². The summed E-state index contributed by atoms with van der Waals surface area (Å²) in [5.74, 6) is 0. The van der Waals surface area contributed by atoms with Gasteiger partial charge in [-0.2, -0.15) is 0 Å². The zero-order chi connectivity index (χ0) is 14.1. The van der Waals surface area contributed by atoms with Crippen molar-refractivity contribution in [3.63, 3.8) is 0 Å². The first-order chi connectivity index (χ1) is 8.85. The lowest BCUT2D eigenvalue weighted by molar-refractivity contribution is 0.556. The number of rotatable bonds is 7. The molecule has 0 aromatic carbocycles. The number of nitrogens with one attached hydrogen (secondary N) is 2. The zero-order valence-corrected chi connectivity index (χ0v) is 13.3. The normalized spacial score (nSPS) is 21.5. The summed E-state index contributed by atoms with van der Waals surface area (Å²) >= 11 is 1.35. The van der Waals surface area contributed by atoms with E-state index in [2.05, 4.69) is 30.8 Å². The molecule has 1 aliphatic rings. The molecule has 1 aliphatic carbocycles. The van der Waals surface area contributed by atoms with Crippen LogP contribution in [0.25, 0.3) is 0 Å². The molecular weight excluding hydrogens is 280 g/mol. The second-order valence-electron chi connectivity index (χ2n) is 5.76. The summed E-state index contributed by atoms with van der Waals surface area (Å²) in [4.78, 5) is 1.06. The highest BCUT2D eigenvalue weighted by Gasteiger charge is 2.48. The maximum Gasteiger partial charge on any atom is 0.250 e. The number of hydrogen-bond donors (Lipinski definition) is 2. The molecule has 19 heavy (non-hydrogen) atoms. The summed E-state index contributed by atoms with van der Waals surface area (Å²) in [6.45, 7) is 7.96. The predicted octanol–water partition coefficient (Wildman–Crippen LogP) is 2.32. The molecule has 1 aromatic rings. The lowest BCUT2D eigenvalue weighted by atomic mass is 10.2. The molecule has 0 spiro atoms. The summed E-state index contributed by atoms with van der Waals surface area (Å²) in [6.07, 6.45) is 2.00. The summed E-state index contributed by atoms with van der Waals surface area (Å²) in [7, 11) is -3.34. The van der Waals surface area contributed by atoms with Crippen molar-refractivity contribution in [1.82, 2.24) is 10.0 Å². The average molecular weight is 302 g/mol. The first-order valence-corrected chi connectivity index (χ1v) is 8.97. The van der Waals surface area contributed by atoms with Crippen LogP contribution >= 0.6 is 11.3 Å². The number of hydrogen-bond acceptors (Lipinski definition) is 4. The Balaban J connectivity index is 1.97. The average Bonchev–Trinajstić information content (AvgIpc) is 2.77. The lowest BCUT2D eigenvalue weighted by Gasteiger charge is -2.06. The van der Waals surface area contributed by atoms with Gasteiger partial charge in [-0.25, -0.2) is 13.1 Å². The molecule has 1 unspecified atom stereocenters. The minimum atomic E-state index is -3.34. The van der Waals surface area contributed by atoms with E-state index in [9.17, 15) is 8.42 Å². The third kappa shape index (κ3) is 3.78. The molecule has 108 valence electrons. The van der Waals surface area contributed by atoms with Crippen molar-refractivity contribution in [2.45, 2.75) is 50.4 Å². The highest BCUT2D eigenvalue weighted by Crippen LogP contribution is 2.45. The van der Waals surface area contributed by atoms with E-state index in [1.807, 2.05) is 6.07 Å². The second kappa shape index (κ2) is 5.52. The predicted molar refractivity (Wildman–Crippen MR) is 78.8 cm³/mol. The van der Waals surface area contributed by atoms with Crippen LogP contribution in [0.5, 0.6) is 0 Å². The Morgan fingerprint density at radius 2 is 2.11 bits per heavy atom. The minimum absolute atomic E-state index is 0.0845. The molecule has 0 radical (unpaired) electrons. The monoisotopic (exact) mass is 302 g/mol. The van der Waals surface area contributed by atoms with Gasteiger partial charge in [0.2, 0.25) is 10.0 Å². The summed E-state index contributed by atoms with van der Waals surface area (Å²) in [6, 6.07) is 3.67. The molecule has 1 heterocycles. The van der Waals surface area contributed by atoms with Crippen molar-refractivity contribution in [1.29, 1.82) is 0 Å². The third-order valence-electron chi connectivity index (χ3n) is 3.44. The van der Waals surface area contributed by atoms with Crippen LogP contribution in [0.15, 0.2) is 16.3 Å². The van der Waals surface area contributed by atoms with Gasteiger partial charge in [0.1, 0.15) is 4.21 Å². The van der Waals surface area contributed by atoms with E-state index in [1.165, 1.54) is 11.3 Å². The first kappa shape index (κ1) is 15.0. The van der Waals surface area contributed by atoms with Gasteiger partial charge in [-0.3, -0.25) is 0 Å². The van der Waals surface area contributed by atoms with Crippen molar-refractivity contribution < 1.29 is 8.42 Å². The van der Waals surface area contributed by atoms with Gasteiger partial charge in [0.25, 0.3) is 0 Å². The molecule has 0 amide bonds. The third-order valence-corrected chi connectivity index (χ3v) is 6.49. The van der Waals surface area contributed by atoms with Crippen molar-refractivity contribution in [3.8, 4) is 0 Å². The molecule has 1 atom stereocenters. The molecule has 0 aliphatic heterocycles. The van der Waals surface area contributed by atoms with E-state index < -0.39 is 10.0 Å². The van der Waals surface area contributed by atoms with Gasteiger partial charge >= 0.3 is 0 Å². The fourth-order valence-electron chi connectivity index (χ4n) is 1.90. The van der Waals surface area contributed by atoms with E-state index >= 15 is 0 Å². The van der Waals surface area contributed by atoms with Gasteiger partial charge in [0.05, 0.1) is 0 Å². The molecule has 1 fully saturated rings. The second-order valence-corrected chi connectivity index (χ2v) is 8.87. The van der Waals surface area contributed by atoms with Crippen LogP contribution in [0.3, 0.4) is 0 Å². The van der Waals surface area contributed by atoms with Crippen LogP contribution in [0, 0.1) is 5.41 Å². The van der Waals surface area contributed by atoms with Gasteiger partial charge in [-0.1, -0.05) is 20.8 Å². The molecule has 1 saturated carbocycles. The van der Waals surface area contributed by atoms with Crippen LogP contribution in [0.4, 0.5) is 0 Å². The Labute approximate surface area is 119 Å². The topological polar surface area (TPSA) is 58.2 Å². The molecule has 2 rings (SSSR count). The molecule has 6 heteroatoms. The first-order valence-electron chi connectivity index (χ1n) is 6.67. The van der Waals surface area contributed by atoms with Crippen molar-refractivity contribution in [2.24, 2.45) is 5.41 Å². The smallest absolute Gasteiger partial charge is 0.250 e. The van der Waals surface area contributed by atoms with Crippen LogP contribution in [0.1, 0.15) is 38.5 Å². The quantitative estimate of drug-likeness (QED) is 0.760.